The second-order valence-corrected chi connectivity index (χ2v) is 10.1. The van der Waals surface area contributed by atoms with Crippen molar-refractivity contribution in [2.75, 3.05) is 18.1 Å². The highest BCUT2D eigenvalue weighted by molar-refractivity contribution is 8.01. The van der Waals surface area contributed by atoms with Crippen LogP contribution < -0.4 is 0 Å². The van der Waals surface area contributed by atoms with E-state index in [1.54, 1.807) is 11.8 Å². The largest absolute Gasteiger partial charge is 0.388 e. The Morgan fingerprint density at radius 3 is 2.60 bits per heavy atom. The van der Waals surface area contributed by atoms with E-state index < -0.39 is 16.1 Å². The van der Waals surface area contributed by atoms with Crippen LogP contribution in [-0.4, -0.2) is 56.1 Å². The van der Waals surface area contributed by atoms with Crippen LogP contribution in [0.2, 0.25) is 0 Å². The lowest BCUT2D eigenvalue weighted by molar-refractivity contribution is -0.243. The molecule has 2 unspecified atom stereocenters. The summed E-state index contributed by atoms with van der Waals surface area (Å²) in [6.45, 7) is 4.53. The van der Waals surface area contributed by atoms with Crippen LogP contribution in [0.5, 0.6) is 0 Å². The fourth-order valence-corrected chi connectivity index (χ4v) is 7.26. The minimum atomic E-state index is -0.954. The molecular formula is C19H25NO3S2. The number of carbonyl (C=O) groups is 1. The van der Waals surface area contributed by atoms with Gasteiger partial charge in [0, 0.05) is 4.90 Å². The lowest BCUT2D eigenvalue weighted by Crippen LogP contribution is -2.85. The molecule has 0 saturated carbocycles. The predicted molar refractivity (Wildman–Crippen MR) is 102 cm³/mol. The van der Waals surface area contributed by atoms with Gasteiger partial charge in [0.25, 0.3) is 0 Å². The summed E-state index contributed by atoms with van der Waals surface area (Å²) in [6, 6.07) is 10.1. The first-order valence-corrected chi connectivity index (χ1v) is 10.9. The number of nitrogens with zero attached hydrogens (tertiary/aromatic N) is 1. The molecule has 3 heterocycles. The molecule has 1 N–H and O–H groups in total. The maximum atomic E-state index is 13.5. The molecule has 4 nitrogen and oxygen atoms in total. The number of benzene rings is 1. The van der Waals surface area contributed by atoms with E-state index in [0.717, 1.165) is 22.8 Å². The van der Waals surface area contributed by atoms with Gasteiger partial charge in [-0.3, -0.25) is 4.79 Å². The summed E-state index contributed by atoms with van der Waals surface area (Å²) in [5, 5.41) is 11.7. The third-order valence-electron chi connectivity index (χ3n) is 5.78. The zero-order chi connectivity index (χ0) is 17.7. The van der Waals surface area contributed by atoms with Crippen molar-refractivity contribution in [1.29, 1.82) is 0 Å². The summed E-state index contributed by atoms with van der Waals surface area (Å²) < 4.78 is 5.05. The number of hydrogen-bond donors (Lipinski definition) is 1. The highest BCUT2D eigenvalue weighted by Crippen LogP contribution is 2.59. The first kappa shape index (κ1) is 17.7. The number of amides is 1. The van der Waals surface area contributed by atoms with Crippen molar-refractivity contribution in [2.24, 2.45) is 0 Å². The second-order valence-electron chi connectivity index (χ2n) is 7.57. The van der Waals surface area contributed by atoms with Gasteiger partial charge in [-0.15, -0.1) is 11.8 Å². The molecule has 3 saturated heterocycles. The number of rotatable bonds is 3. The topological polar surface area (TPSA) is 49.8 Å². The van der Waals surface area contributed by atoms with Gasteiger partial charge in [0.1, 0.15) is 10.5 Å². The zero-order valence-corrected chi connectivity index (χ0v) is 16.4. The normalized spacial score (nSPS) is 33.5. The van der Waals surface area contributed by atoms with E-state index >= 15 is 0 Å². The van der Waals surface area contributed by atoms with Gasteiger partial charge in [0.05, 0.1) is 18.2 Å². The highest BCUT2D eigenvalue weighted by atomic mass is 32.2. The van der Waals surface area contributed by atoms with E-state index in [1.807, 2.05) is 60.8 Å². The van der Waals surface area contributed by atoms with Gasteiger partial charge in [0.2, 0.25) is 5.91 Å². The first-order valence-electron chi connectivity index (χ1n) is 8.93. The summed E-state index contributed by atoms with van der Waals surface area (Å²) in [6.07, 6.45) is 2.13. The fraction of sp³-hybridized carbons (Fsp3) is 0.632. The van der Waals surface area contributed by atoms with Crippen LogP contribution in [0.1, 0.15) is 33.1 Å². The third kappa shape index (κ3) is 2.56. The Bertz CT molecular complexity index is 660. The van der Waals surface area contributed by atoms with Crippen LogP contribution in [0.3, 0.4) is 0 Å². The van der Waals surface area contributed by atoms with Crippen molar-refractivity contribution in [2.45, 2.75) is 60.1 Å². The third-order valence-corrected chi connectivity index (χ3v) is 8.42. The van der Waals surface area contributed by atoms with Gasteiger partial charge < -0.3 is 14.7 Å². The molecule has 1 aromatic carbocycles. The molecule has 6 heteroatoms. The van der Waals surface area contributed by atoms with E-state index in [9.17, 15) is 9.90 Å². The van der Waals surface area contributed by atoms with Gasteiger partial charge in [-0.1, -0.05) is 18.2 Å². The summed E-state index contributed by atoms with van der Waals surface area (Å²) in [4.78, 5) is 16.4. The molecule has 2 atom stereocenters. The number of aliphatic hydroxyl groups is 1. The molecule has 0 aliphatic carbocycles. The van der Waals surface area contributed by atoms with Crippen LogP contribution >= 0.6 is 23.5 Å². The molecule has 3 aliphatic rings. The van der Waals surface area contributed by atoms with E-state index in [0.29, 0.717) is 19.4 Å². The molecule has 0 bridgehead atoms. The van der Waals surface area contributed by atoms with Crippen molar-refractivity contribution >= 4 is 29.4 Å². The fourth-order valence-electron chi connectivity index (χ4n) is 4.49. The van der Waals surface area contributed by atoms with Crippen molar-refractivity contribution in [1.82, 2.24) is 4.90 Å². The molecule has 1 aromatic rings. The predicted octanol–water partition coefficient (Wildman–Crippen LogP) is 3.14. The molecule has 3 fully saturated rings. The first-order chi connectivity index (χ1) is 11.9. The van der Waals surface area contributed by atoms with Gasteiger partial charge in [-0.05, 0) is 56.7 Å². The van der Waals surface area contributed by atoms with Crippen LogP contribution in [0.4, 0.5) is 0 Å². The summed E-state index contributed by atoms with van der Waals surface area (Å²) in [5.41, 5.74) is -1.55. The van der Waals surface area contributed by atoms with Gasteiger partial charge in [0.15, 0.2) is 0 Å². The summed E-state index contributed by atoms with van der Waals surface area (Å²) in [7, 11) is 0. The van der Waals surface area contributed by atoms with E-state index in [1.165, 1.54) is 0 Å². The van der Waals surface area contributed by atoms with Gasteiger partial charge in [-0.2, -0.15) is 11.8 Å². The van der Waals surface area contributed by atoms with Crippen LogP contribution in [-0.2, 0) is 9.53 Å². The summed E-state index contributed by atoms with van der Waals surface area (Å²) in [5.74, 6) is 1.85. The lowest BCUT2D eigenvalue weighted by atomic mass is 9.67. The quantitative estimate of drug-likeness (QED) is 0.818. The average Bonchev–Trinajstić information content (AvgIpc) is 2.59. The Balaban J connectivity index is 1.76. The van der Waals surface area contributed by atoms with Crippen molar-refractivity contribution < 1.29 is 14.6 Å². The SMILES string of the molecule is CC1(C)OCCC2N1C(=O)C2(Sc1ccccc1)C1(O)CCSCC1. The van der Waals surface area contributed by atoms with Crippen molar-refractivity contribution in [3.63, 3.8) is 0 Å². The maximum Gasteiger partial charge on any atom is 0.246 e. The molecule has 1 amide bonds. The maximum absolute atomic E-state index is 13.5. The van der Waals surface area contributed by atoms with Crippen molar-refractivity contribution in [3.05, 3.63) is 30.3 Å². The number of carbonyl (C=O) groups excluding carboxylic acids is 1. The molecule has 0 aromatic heterocycles. The van der Waals surface area contributed by atoms with Crippen LogP contribution in [0.15, 0.2) is 35.2 Å². The second kappa shape index (κ2) is 6.19. The standard InChI is InChI=1S/C19H25NO3S2/c1-17(2)20-15(8-11-23-17)19(16(20)21,18(22)9-12-24-13-10-18)25-14-6-4-3-5-7-14/h3-7,15,22H,8-13H2,1-2H3. The Hall–Kier alpha value is -0.690. The molecule has 3 aliphatic heterocycles. The molecule has 4 rings (SSSR count). The van der Waals surface area contributed by atoms with E-state index in [4.69, 9.17) is 4.74 Å². The van der Waals surface area contributed by atoms with Gasteiger partial charge >= 0.3 is 0 Å². The average molecular weight is 380 g/mol. The monoisotopic (exact) mass is 379 g/mol. The van der Waals surface area contributed by atoms with Crippen LogP contribution in [0, 0.1) is 0 Å². The molecule has 0 radical (unpaired) electrons. The number of fused-ring (bicyclic) bond motifs is 1. The number of β-lactam (4-membered cyclic amide) rings is 1. The molecule has 0 spiro atoms. The number of thioether (sulfide) groups is 2. The Kier molecular flexibility index (Phi) is 4.38. The van der Waals surface area contributed by atoms with E-state index in [-0.39, 0.29) is 11.9 Å². The zero-order valence-electron chi connectivity index (χ0n) is 14.7. The highest BCUT2D eigenvalue weighted by Gasteiger charge is 2.73. The number of ether oxygens (including phenoxy) is 1. The Morgan fingerprint density at radius 2 is 1.92 bits per heavy atom. The van der Waals surface area contributed by atoms with Crippen LogP contribution in [0.25, 0.3) is 0 Å². The lowest BCUT2D eigenvalue weighted by Gasteiger charge is -2.67. The molecule has 25 heavy (non-hydrogen) atoms. The molecular weight excluding hydrogens is 354 g/mol. The Morgan fingerprint density at radius 1 is 1.24 bits per heavy atom. The van der Waals surface area contributed by atoms with Crippen molar-refractivity contribution in [3.8, 4) is 0 Å². The van der Waals surface area contributed by atoms with Gasteiger partial charge in [-0.25, -0.2) is 0 Å². The smallest absolute Gasteiger partial charge is 0.246 e. The van der Waals surface area contributed by atoms with E-state index in [2.05, 4.69) is 0 Å². The molecule has 136 valence electrons. The Labute approximate surface area is 157 Å². The minimum Gasteiger partial charge on any atom is -0.388 e. The number of hydrogen-bond acceptors (Lipinski definition) is 5. The summed E-state index contributed by atoms with van der Waals surface area (Å²) >= 11 is 3.44. The minimum absolute atomic E-state index is 0.0158.